The molecule has 3 nitrogen and oxygen atoms in total. The molecular weight excluding hydrogens is 209 g/mol. The molecule has 0 aliphatic heterocycles. The van der Waals surface area contributed by atoms with E-state index < -0.39 is 12.0 Å². The van der Waals surface area contributed by atoms with Crippen molar-refractivity contribution in [2.24, 2.45) is 0 Å². The van der Waals surface area contributed by atoms with Crippen LogP contribution in [0.4, 0.5) is 4.39 Å². The van der Waals surface area contributed by atoms with E-state index in [9.17, 15) is 9.18 Å². The maximum absolute atomic E-state index is 12.7. The van der Waals surface area contributed by atoms with Crippen LogP contribution in [0.1, 0.15) is 31.9 Å². The van der Waals surface area contributed by atoms with Gasteiger partial charge < -0.3 is 5.11 Å². The molecule has 2 N–H and O–H groups in total. The van der Waals surface area contributed by atoms with Crippen LogP contribution in [0, 0.1) is 5.82 Å². The van der Waals surface area contributed by atoms with Gasteiger partial charge in [0.2, 0.25) is 0 Å². The molecule has 0 saturated carbocycles. The molecule has 0 aromatic heterocycles. The fourth-order valence-corrected chi connectivity index (χ4v) is 1.51. The molecule has 2 unspecified atom stereocenters. The van der Waals surface area contributed by atoms with Crippen molar-refractivity contribution in [3.8, 4) is 0 Å². The minimum atomic E-state index is -0.864. The second-order valence-corrected chi connectivity index (χ2v) is 3.74. The number of hydrogen-bond donors (Lipinski definition) is 2. The molecule has 0 saturated heterocycles. The highest BCUT2D eigenvalue weighted by Crippen LogP contribution is 2.14. The number of aliphatic carboxylic acids is 1. The summed E-state index contributed by atoms with van der Waals surface area (Å²) in [6, 6.07) is 5.37. The summed E-state index contributed by atoms with van der Waals surface area (Å²) >= 11 is 0. The van der Waals surface area contributed by atoms with Gasteiger partial charge in [0, 0.05) is 6.04 Å². The molecular formula is C12H16FNO2. The zero-order valence-electron chi connectivity index (χ0n) is 9.40. The smallest absolute Gasteiger partial charge is 0.320 e. The zero-order valence-corrected chi connectivity index (χ0v) is 9.40. The first-order chi connectivity index (χ1) is 7.54. The molecule has 0 fully saturated rings. The highest BCUT2D eigenvalue weighted by atomic mass is 19.1. The van der Waals surface area contributed by atoms with Gasteiger partial charge in [0.1, 0.15) is 11.9 Å². The number of benzene rings is 1. The summed E-state index contributed by atoms with van der Waals surface area (Å²) < 4.78 is 12.7. The molecule has 0 aliphatic rings. The maximum Gasteiger partial charge on any atom is 0.320 e. The van der Waals surface area contributed by atoms with Crippen molar-refractivity contribution in [1.29, 1.82) is 0 Å². The van der Waals surface area contributed by atoms with Gasteiger partial charge in [-0.05, 0) is 31.0 Å². The van der Waals surface area contributed by atoms with Crippen molar-refractivity contribution in [3.63, 3.8) is 0 Å². The Morgan fingerprint density at radius 2 is 2.00 bits per heavy atom. The van der Waals surface area contributed by atoms with Gasteiger partial charge in [0.05, 0.1) is 0 Å². The van der Waals surface area contributed by atoms with Crippen LogP contribution in [0.2, 0.25) is 0 Å². The lowest BCUT2D eigenvalue weighted by Gasteiger charge is -2.19. The Morgan fingerprint density at radius 3 is 2.44 bits per heavy atom. The standard InChI is InChI=1S/C12H16FNO2/c1-3-11(12(15)16)14-8(2)9-4-6-10(13)7-5-9/h4-8,11,14H,3H2,1-2H3,(H,15,16). The number of nitrogens with one attached hydrogen (secondary N) is 1. The minimum absolute atomic E-state index is 0.110. The third-order valence-electron chi connectivity index (χ3n) is 2.53. The van der Waals surface area contributed by atoms with Crippen molar-refractivity contribution < 1.29 is 14.3 Å². The van der Waals surface area contributed by atoms with Crippen LogP contribution < -0.4 is 5.32 Å². The summed E-state index contributed by atoms with van der Waals surface area (Å²) in [6.07, 6.45) is 0.515. The first kappa shape index (κ1) is 12.6. The molecule has 1 aromatic carbocycles. The molecule has 0 aliphatic carbocycles. The van der Waals surface area contributed by atoms with Gasteiger partial charge in [-0.1, -0.05) is 19.1 Å². The van der Waals surface area contributed by atoms with Crippen molar-refractivity contribution in [3.05, 3.63) is 35.6 Å². The molecule has 4 heteroatoms. The van der Waals surface area contributed by atoms with Crippen molar-refractivity contribution in [2.75, 3.05) is 0 Å². The van der Waals surface area contributed by atoms with E-state index in [0.29, 0.717) is 6.42 Å². The van der Waals surface area contributed by atoms with Gasteiger partial charge >= 0.3 is 5.97 Å². The molecule has 1 rings (SSSR count). The zero-order chi connectivity index (χ0) is 12.1. The summed E-state index contributed by atoms with van der Waals surface area (Å²) in [6.45, 7) is 3.67. The predicted molar refractivity (Wildman–Crippen MR) is 59.7 cm³/mol. The van der Waals surface area contributed by atoms with Gasteiger partial charge in [-0.25, -0.2) is 4.39 Å². The van der Waals surface area contributed by atoms with Crippen molar-refractivity contribution >= 4 is 5.97 Å². The lowest BCUT2D eigenvalue weighted by atomic mass is 10.1. The van der Waals surface area contributed by atoms with Crippen LogP contribution in [-0.2, 0) is 4.79 Å². The fourth-order valence-electron chi connectivity index (χ4n) is 1.51. The average Bonchev–Trinajstić information content (AvgIpc) is 2.26. The van der Waals surface area contributed by atoms with Gasteiger partial charge in [-0.2, -0.15) is 0 Å². The SMILES string of the molecule is CCC(NC(C)c1ccc(F)cc1)C(=O)O. The van der Waals surface area contributed by atoms with Crippen LogP contribution in [0.15, 0.2) is 24.3 Å². The van der Waals surface area contributed by atoms with Gasteiger partial charge in [-0.15, -0.1) is 0 Å². The quantitative estimate of drug-likeness (QED) is 0.808. The number of carbonyl (C=O) groups is 1. The molecule has 0 amide bonds. The number of hydrogen-bond acceptors (Lipinski definition) is 2. The van der Waals surface area contributed by atoms with Crippen LogP contribution in [0.3, 0.4) is 0 Å². The monoisotopic (exact) mass is 225 g/mol. The molecule has 88 valence electrons. The van der Waals surface area contributed by atoms with Crippen LogP contribution in [-0.4, -0.2) is 17.1 Å². The van der Waals surface area contributed by atoms with Crippen LogP contribution >= 0.6 is 0 Å². The van der Waals surface area contributed by atoms with E-state index in [1.807, 2.05) is 13.8 Å². The highest BCUT2D eigenvalue weighted by molar-refractivity contribution is 5.73. The summed E-state index contributed by atoms with van der Waals surface area (Å²) in [5.41, 5.74) is 0.876. The molecule has 0 heterocycles. The number of carboxylic acids is 1. The second-order valence-electron chi connectivity index (χ2n) is 3.74. The van der Waals surface area contributed by atoms with E-state index in [1.54, 1.807) is 12.1 Å². The third-order valence-corrected chi connectivity index (χ3v) is 2.53. The predicted octanol–water partition coefficient (Wildman–Crippen LogP) is 2.34. The number of carboxylic acid groups (broad SMARTS) is 1. The normalized spacial score (nSPS) is 14.4. The number of halogens is 1. The highest BCUT2D eigenvalue weighted by Gasteiger charge is 2.17. The second kappa shape index (κ2) is 5.61. The largest absolute Gasteiger partial charge is 0.480 e. The first-order valence-corrected chi connectivity index (χ1v) is 5.29. The van der Waals surface area contributed by atoms with Crippen molar-refractivity contribution in [1.82, 2.24) is 5.32 Å². The Balaban J connectivity index is 2.67. The van der Waals surface area contributed by atoms with Gasteiger partial charge in [0.15, 0.2) is 0 Å². The molecule has 0 radical (unpaired) electrons. The Bertz CT molecular complexity index is 351. The summed E-state index contributed by atoms with van der Waals surface area (Å²) in [5, 5.41) is 11.9. The van der Waals surface area contributed by atoms with Crippen molar-refractivity contribution in [2.45, 2.75) is 32.4 Å². The summed E-state index contributed by atoms with van der Waals surface area (Å²) in [5.74, 6) is -1.15. The van der Waals surface area contributed by atoms with E-state index in [2.05, 4.69) is 5.32 Å². The molecule has 16 heavy (non-hydrogen) atoms. The van der Waals surface area contributed by atoms with Gasteiger partial charge in [-0.3, -0.25) is 10.1 Å². The Kier molecular flexibility index (Phi) is 4.43. The molecule has 2 atom stereocenters. The lowest BCUT2D eigenvalue weighted by molar-refractivity contribution is -0.139. The first-order valence-electron chi connectivity index (χ1n) is 5.29. The summed E-state index contributed by atoms with van der Waals surface area (Å²) in [4.78, 5) is 10.8. The minimum Gasteiger partial charge on any atom is -0.480 e. The topological polar surface area (TPSA) is 49.3 Å². The lowest BCUT2D eigenvalue weighted by Crippen LogP contribution is -2.37. The molecule has 0 spiro atoms. The number of rotatable bonds is 5. The van der Waals surface area contributed by atoms with E-state index in [0.717, 1.165) is 5.56 Å². The Hall–Kier alpha value is -1.42. The molecule has 1 aromatic rings. The average molecular weight is 225 g/mol. The van der Waals surface area contributed by atoms with E-state index in [4.69, 9.17) is 5.11 Å². The van der Waals surface area contributed by atoms with Crippen LogP contribution in [0.5, 0.6) is 0 Å². The van der Waals surface area contributed by atoms with E-state index in [1.165, 1.54) is 12.1 Å². The fraction of sp³-hybridized carbons (Fsp3) is 0.417. The van der Waals surface area contributed by atoms with E-state index >= 15 is 0 Å². The maximum atomic E-state index is 12.7. The Labute approximate surface area is 94.3 Å². The Morgan fingerprint density at radius 1 is 1.44 bits per heavy atom. The van der Waals surface area contributed by atoms with Crippen LogP contribution in [0.25, 0.3) is 0 Å². The third kappa shape index (κ3) is 3.31. The van der Waals surface area contributed by atoms with Gasteiger partial charge in [0.25, 0.3) is 0 Å². The van der Waals surface area contributed by atoms with E-state index in [-0.39, 0.29) is 11.9 Å². The summed E-state index contributed by atoms with van der Waals surface area (Å²) in [7, 11) is 0. The molecule has 0 bridgehead atoms.